The average molecular weight is 301 g/mol. The molecule has 2 aromatic carbocycles. The van der Waals surface area contributed by atoms with Crippen molar-refractivity contribution in [3.05, 3.63) is 71.1 Å². The third kappa shape index (κ3) is 2.71. The van der Waals surface area contributed by atoms with E-state index in [2.05, 4.69) is 5.10 Å². The van der Waals surface area contributed by atoms with Crippen LogP contribution in [0.5, 0.6) is 0 Å². The lowest BCUT2D eigenvalue weighted by molar-refractivity contribution is 0.112. The number of nitrogens with zero attached hydrogens (tertiary/aromatic N) is 2. The van der Waals surface area contributed by atoms with E-state index in [0.29, 0.717) is 22.0 Å². The van der Waals surface area contributed by atoms with E-state index in [1.807, 2.05) is 6.07 Å². The Morgan fingerprint density at radius 2 is 1.95 bits per heavy atom. The Morgan fingerprint density at radius 3 is 2.67 bits per heavy atom. The fourth-order valence-corrected chi connectivity index (χ4v) is 2.27. The highest BCUT2D eigenvalue weighted by atomic mass is 35.5. The van der Waals surface area contributed by atoms with Crippen LogP contribution >= 0.6 is 11.6 Å². The number of hydrogen-bond acceptors (Lipinski definition) is 2. The number of carbonyl (C=O) groups excluding carboxylic acids is 1. The molecule has 104 valence electrons. The number of aldehydes is 1. The lowest BCUT2D eigenvalue weighted by Crippen LogP contribution is -1.95. The van der Waals surface area contributed by atoms with Crippen molar-refractivity contribution in [2.24, 2.45) is 0 Å². The van der Waals surface area contributed by atoms with E-state index in [9.17, 15) is 9.18 Å². The zero-order valence-electron chi connectivity index (χ0n) is 10.8. The van der Waals surface area contributed by atoms with Gasteiger partial charge in [-0.05, 0) is 30.3 Å². The monoisotopic (exact) mass is 300 g/mol. The molecule has 0 bridgehead atoms. The van der Waals surface area contributed by atoms with Crippen molar-refractivity contribution < 1.29 is 9.18 Å². The van der Waals surface area contributed by atoms with Gasteiger partial charge in [0.2, 0.25) is 0 Å². The molecule has 5 heteroatoms. The number of aromatic nitrogens is 2. The van der Waals surface area contributed by atoms with Gasteiger partial charge in [0.05, 0.1) is 11.3 Å². The highest BCUT2D eigenvalue weighted by molar-refractivity contribution is 6.30. The Kier molecular flexibility index (Phi) is 3.54. The highest BCUT2D eigenvalue weighted by Gasteiger charge is 2.12. The van der Waals surface area contributed by atoms with Crippen LogP contribution in [0.15, 0.2) is 54.7 Å². The zero-order valence-corrected chi connectivity index (χ0v) is 11.6. The van der Waals surface area contributed by atoms with Crippen molar-refractivity contribution in [1.82, 2.24) is 9.78 Å². The minimum absolute atomic E-state index is 0.361. The second kappa shape index (κ2) is 5.50. The summed E-state index contributed by atoms with van der Waals surface area (Å²) in [6, 6.07) is 13.1. The van der Waals surface area contributed by atoms with Gasteiger partial charge in [-0.3, -0.25) is 4.79 Å². The molecule has 0 N–H and O–H groups in total. The predicted octanol–water partition coefficient (Wildman–Crippen LogP) is 4.14. The van der Waals surface area contributed by atoms with E-state index in [1.54, 1.807) is 36.5 Å². The maximum absolute atomic E-state index is 13.3. The molecule has 1 heterocycles. The molecule has 0 atom stereocenters. The highest BCUT2D eigenvalue weighted by Crippen LogP contribution is 2.25. The van der Waals surface area contributed by atoms with Gasteiger partial charge < -0.3 is 0 Å². The first-order valence-electron chi connectivity index (χ1n) is 6.24. The van der Waals surface area contributed by atoms with Gasteiger partial charge in [-0.2, -0.15) is 5.10 Å². The smallest absolute Gasteiger partial charge is 0.153 e. The molecule has 0 aliphatic rings. The fraction of sp³-hybridized carbons (Fsp3) is 0. The van der Waals surface area contributed by atoms with Gasteiger partial charge >= 0.3 is 0 Å². The molecule has 1 aromatic heterocycles. The molecule has 0 saturated carbocycles. The molecule has 0 fully saturated rings. The molecule has 3 aromatic rings. The summed E-state index contributed by atoms with van der Waals surface area (Å²) in [4.78, 5) is 11.2. The van der Waals surface area contributed by atoms with Gasteiger partial charge in [-0.15, -0.1) is 0 Å². The first-order chi connectivity index (χ1) is 10.2. The van der Waals surface area contributed by atoms with Crippen LogP contribution in [0.25, 0.3) is 16.9 Å². The van der Waals surface area contributed by atoms with E-state index in [4.69, 9.17) is 11.6 Å². The van der Waals surface area contributed by atoms with Gasteiger partial charge in [0, 0.05) is 16.8 Å². The van der Waals surface area contributed by atoms with E-state index in [0.717, 1.165) is 11.8 Å². The third-order valence-electron chi connectivity index (χ3n) is 3.04. The van der Waals surface area contributed by atoms with Crippen molar-refractivity contribution >= 4 is 17.9 Å². The molecular formula is C16H10ClFN2O. The van der Waals surface area contributed by atoms with Gasteiger partial charge in [-0.1, -0.05) is 29.8 Å². The molecule has 0 unspecified atom stereocenters. The summed E-state index contributed by atoms with van der Waals surface area (Å²) in [6.07, 6.45) is 2.29. The van der Waals surface area contributed by atoms with Crippen molar-refractivity contribution in [1.29, 1.82) is 0 Å². The molecule has 0 aliphatic heterocycles. The molecule has 0 amide bonds. The Morgan fingerprint density at radius 1 is 1.14 bits per heavy atom. The normalized spacial score (nSPS) is 10.6. The molecule has 0 saturated heterocycles. The molecule has 0 aliphatic carbocycles. The topological polar surface area (TPSA) is 34.9 Å². The number of benzene rings is 2. The Bertz CT molecular complexity index is 814. The lowest BCUT2D eigenvalue weighted by atomic mass is 10.1. The molecule has 3 nitrogen and oxygen atoms in total. The van der Waals surface area contributed by atoms with Crippen LogP contribution in [0.2, 0.25) is 5.02 Å². The minimum atomic E-state index is -0.361. The van der Waals surface area contributed by atoms with E-state index in [-0.39, 0.29) is 5.82 Å². The van der Waals surface area contributed by atoms with E-state index in [1.165, 1.54) is 16.8 Å². The molecular weight excluding hydrogens is 291 g/mol. The van der Waals surface area contributed by atoms with Gasteiger partial charge in [0.15, 0.2) is 6.29 Å². The van der Waals surface area contributed by atoms with Crippen molar-refractivity contribution in [2.45, 2.75) is 0 Å². The second-order valence-corrected chi connectivity index (χ2v) is 4.92. The first-order valence-corrected chi connectivity index (χ1v) is 6.62. The quantitative estimate of drug-likeness (QED) is 0.681. The van der Waals surface area contributed by atoms with Crippen molar-refractivity contribution in [3.63, 3.8) is 0 Å². The summed E-state index contributed by atoms with van der Waals surface area (Å²) >= 11 is 5.96. The zero-order chi connectivity index (χ0) is 14.8. The number of carbonyl (C=O) groups is 1. The van der Waals surface area contributed by atoms with Crippen LogP contribution in [0, 0.1) is 5.82 Å². The summed E-state index contributed by atoms with van der Waals surface area (Å²) in [5.74, 6) is -0.361. The molecule has 0 spiro atoms. The Labute approximate surface area is 125 Å². The first kappa shape index (κ1) is 13.5. The Balaban J connectivity index is 2.13. The minimum Gasteiger partial charge on any atom is -0.298 e. The van der Waals surface area contributed by atoms with Gasteiger partial charge in [0.25, 0.3) is 0 Å². The van der Waals surface area contributed by atoms with Crippen LogP contribution in [-0.4, -0.2) is 16.1 Å². The van der Waals surface area contributed by atoms with Crippen LogP contribution in [0.3, 0.4) is 0 Å². The summed E-state index contributed by atoms with van der Waals surface area (Å²) in [5, 5.41) is 4.92. The lowest BCUT2D eigenvalue weighted by Gasteiger charge is -2.01. The van der Waals surface area contributed by atoms with E-state index >= 15 is 0 Å². The summed E-state index contributed by atoms with van der Waals surface area (Å²) in [6.45, 7) is 0. The largest absolute Gasteiger partial charge is 0.298 e. The molecule has 3 rings (SSSR count). The van der Waals surface area contributed by atoms with Crippen molar-refractivity contribution in [3.8, 4) is 16.9 Å². The van der Waals surface area contributed by atoms with Crippen LogP contribution in [-0.2, 0) is 0 Å². The maximum atomic E-state index is 13.3. The second-order valence-electron chi connectivity index (χ2n) is 4.49. The average Bonchev–Trinajstić information content (AvgIpc) is 2.91. The fourth-order valence-electron chi connectivity index (χ4n) is 2.08. The SMILES string of the molecule is O=Cc1cn(-c2cccc(F)c2)nc1-c1cccc(Cl)c1. The van der Waals surface area contributed by atoms with Gasteiger partial charge in [0.1, 0.15) is 11.5 Å². The Hall–Kier alpha value is -2.46. The maximum Gasteiger partial charge on any atom is 0.153 e. The van der Waals surface area contributed by atoms with Crippen LogP contribution < -0.4 is 0 Å². The summed E-state index contributed by atoms with van der Waals surface area (Å²) < 4.78 is 14.8. The molecule has 21 heavy (non-hydrogen) atoms. The standard InChI is InChI=1S/C16H10ClFN2O/c17-13-4-1-3-11(7-13)16-12(10-21)9-20(19-16)15-6-2-5-14(18)8-15/h1-10H. The molecule has 0 radical (unpaired) electrons. The van der Waals surface area contributed by atoms with Gasteiger partial charge in [-0.25, -0.2) is 9.07 Å². The van der Waals surface area contributed by atoms with Crippen molar-refractivity contribution in [2.75, 3.05) is 0 Å². The van der Waals surface area contributed by atoms with E-state index < -0.39 is 0 Å². The summed E-state index contributed by atoms with van der Waals surface area (Å²) in [7, 11) is 0. The number of rotatable bonds is 3. The number of halogens is 2. The third-order valence-corrected chi connectivity index (χ3v) is 3.28. The predicted molar refractivity (Wildman–Crippen MR) is 79.4 cm³/mol. The number of hydrogen-bond donors (Lipinski definition) is 0. The summed E-state index contributed by atoms with van der Waals surface area (Å²) in [5.41, 5.74) is 2.21. The van der Waals surface area contributed by atoms with Crippen LogP contribution in [0.1, 0.15) is 10.4 Å². The van der Waals surface area contributed by atoms with Crippen LogP contribution in [0.4, 0.5) is 4.39 Å².